The van der Waals surface area contributed by atoms with E-state index in [9.17, 15) is 23.6 Å². The zero-order valence-electron chi connectivity index (χ0n) is 19.1. The first kappa shape index (κ1) is 25.3. The second kappa shape index (κ2) is 10.5. The van der Waals surface area contributed by atoms with Crippen LogP contribution in [0.4, 0.5) is 4.39 Å². The molecule has 1 heterocycles. The largest absolute Gasteiger partial charge is 0.292 e. The van der Waals surface area contributed by atoms with Crippen LogP contribution in [0.25, 0.3) is 0 Å². The second-order valence-electron chi connectivity index (χ2n) is 9.14. The lowest BCUT2D eigenvalue weighted by atomic mass is 9.76. The molecule has 184 valence electrons. The van der Waals surface area contributed by atoms with Crippen molar-refractivity contribution in [1.29, 1.82) is 0 Å². The molecule has 0 bridgehead atoms. The molecular formula is C26H25Cl2FN2O4. The van der Waals surface area contributed by atoms with E-state index in [1.165, 1.54) is 36.4 Å². The summed E-state index contributed by atoms with van der Waals surface area (Å²) in [6, 6.07) is 9.61. The summed E-state index contributed by atoms with van der Waals surface area (Å²) in [5.74, 6) is -3.54. The van der Waals surface area contributed by atoms with Crippen molar-refractivity contribution in [3.8, 4) is 0 Å². The molecule has 0 radical (unpaired) electrons. The van der Waals surface area contributed by atoms with Gasteiger partial charge in [-0.25, -0.2) is 9.40 Å². The summed E-state index contributed by atoms with van der Waals surface area (Å²) in [6.45, 7) is 2.03. The van der Waals surface area contributed by atoms with Gasteiger partial charge in [0.25, 0.3) is 17.7 Å². The SMILES string of the molecule is C[C@@H]1CC[C@@H]2C(=O)N(N(C(=O)c3ccc(Cl)cc3)[C@@H](CCCl)C(=O)c3ccc(F)cc3)C(=O)[C@H]2C1. The highest BCUT2D eigenvalue weighted by molar-refractivity contribution is 6.30. The topological polar surface area (TPSA) is 74.8 Å². The lowest BCUT2D eigenvalue weighted by molar-refractivity contribution is -0.156. The summed E-state index contributed by atoms with van der Waals surface area (Å²) >= 11 is 12.0. The average molecular weight is 519 g/mol. The van der Waals surface area contributed by atoms with Gasteiger partial charge in [-0.05, 0) is 80.1 Å². The molecule has 0 unspecified atom stereocenters. The average Bonchev–Trinajstić information content (AvgIpc) is 3.08. The van der Waals surface area contributed by atoms with Gasteiger partial charge in [-0.1, -0.05) is 18.5 Å². The first-order valence-electron chi connectivity index (χ1n) is 11.6. The fourth-order valence-electron chi connectivity index (χ4n) is 4.96. The Hall–Kier alpha value is -2.77. The van der Waals surface area contributed by atoms with Crippen LogP contribution in [0.2, 0.25) is 5.02 Å². The number of halogens is 3. The molecule has 0 aromatic heterocycles. The van der Waals surface area contributed by atoms with Gasteiger partial charge in [0.1, 0.15) is 11.9 Å². The third-order valence-corrected chi connectivity index (χ3v) is 7.26. The molecule has 1 saturated carbocycles. The lowest BCUT2D eigenvalue weighted by Gasteiger charge is -2.36. The van der Waals surface area contributed by atoms with Crippen molar-refractivity contribution in [1.82, 2.24) is 10.0 Å². The maximum atomic E-state index is 13.8. The minimum absolute atomic E-state index is 0.0118. The van der Waals surface area contributed by atoms with Gasteiger partial charge in [0.05, 0.1) is 11.8 Å². The van der Waals surface area contributed by atoms with Crippen molar-refractivity contribution >= 4 is 46.7 Å². The molecule has 1 aliphatic heterocycles. The summed E-state index contributed by atoms with van der Waals surface area (Å²) < 4.78 is 13.5. The molecule has 35 heavy (non-hydrogen) atoms. The number of nitrogens with zero attached hydrogens (tertiary/aromatic N) is 2. The predicted molar refractivity (Wildman–Crippen MR) is 129 cm³/mol. The summed E-state index contributed by atoms with van der Waals surface area (Å²) in [7, 11) is 0. The summed E-state index contributed by atoms with van der Waals surface area (Å²) in [5, 5.41) is 2.23. The standard InChI is InChI=1S/C26H25Cl2FN2O4/c1-15-2-11-20-21(14-15)26(35)31(25(20)34)30(24(33)17-3-7-18(28)8-4-17)22(12-13-27)23(32)16-5-9-19(29)10-6-16/h3-10,15,20-22H,2,11-14H2,1H3/t15-,20+,21+,22+/m1/s1. The molecule has 4 rings (SSSR count). The molecule has 1 saturated heterocycles. The van der Waals surface area contributed by atoms with Crippen LogP contribution in [0.1, 0.15) is 53.3 Å². The molecule has 2 fully saturated rings. The van der Waals surface area contributed by atoms with E-state index < -0.39 is 47.2 Å². The van der Waals surface area contributed by atoms with Crippen molar-refractivity contribution in [3.05, 3.63) is 70.5 Å². The first-order chi connectivity index (χ1) is 16.7. The Labute approximate surface area is 212 Å². The quantitative estimate of drug-likeness (QED) is 0.289. The highest BCUT2D eigenvalue weighted by Gasteiger charge is 2.54. The molecule has 2 aliphatic rings. The number of ketones is 1. The van der Waals surface area contributed by atoms with Crippen LogP contribution >= 0.6 is 23.2 Å². The minimum Gasteiger partial charge on any atom is -0.292 e. The normalized spacial score (nSPS) is 22.6. The third-order valence-electron chi connectivity index (χ3n) is 6.79. The van der Waals surface area contributed by atoms with Crippen LogP contribution < -0.4 is 0 Å². The maximum absolute atomic E-state index is 13.8. The van der Waals surface area contributed by atoms with Crippen molar-refractivity contribution in [3.63, 3.8) is 0 Å². The van der Waals surface area contributed by atoms with Crippen molar-refractivity contribution < 1.29 is 23.6 Å². The number of fused-ring (bicyclic) bond motifs is 1. The zero-order valence-corrected chi connectivity index (χ0v) is 20.6. The highest BCUT2D eigenvalue weighted by atomic mass is 35.5. The molecule has 0 N–H and O–H groups in total. The van der Waals surface area contributed by atoms with Gasteiger partial charge in [0.2, 0.25) is 0 Å². The number of Topliss-reactive ketones (excluding diaryl/α,β-unsaturated/α-hetero) is 1. The van der Waals surface area contributed by atoms with E-state index in [2.05, 4.69) is 0 Å². The van der Waals surface area contributed by atoms with Crippen molar-refractivity contribution in [2.45, 2.75) is 38.6 Å². The monoisotopic (exact) mass is 518 g/mol. The van der Waals surface area contributed by atoms with Gasteiger partial charge in [-0.3, -0.25) is 19.2 Å². The number of hydrazine groups is 1. The van der Waals surface area contributed by atoms with Gasteiger partial charge in [0.15, 0.2) is 5.78 Å². The van der Waals surface area contributed by atoms with Gasteiger partial charge in [-0.2, -0.15) is 5.01 Å². The summed E-state index contributed by atoms with van der Waals surface area (Å²) in [4.78, 5) is 54.4. The van der Waals surface area contributed by atoms with E-state index in [1.807, 2.05) is 6.92 Å². The predicted octanol–water partition coefficient (Wildman–Crippen LogP) is 5.14. The number of carbonyl (C=O) groups excluding carboxylic acids is 4. The maximum Gasteiger partial charge on any atom is 0.273 e. The number of hydrogen-bond donors (Lipinski definition) is 0. The van der Waals surface area contributed by atoms with E-state index in [1.54, 1.807) is 0 Å². The van der Waals surface area contributed by atoms with Crippen LogP contribution in [0.3, 0.4) is 0 Å². The number of imide groups is 1. The van der Waals surface area contributed by atoms with Gasteiger partial charge < -0.3 is 0 Å². The smallest absolute Gasteiger partial charge is 0.273 e. The summed E-state index contributed by atoms with van der Waals surface area (Å²) in [6.07, 6.45) is 1.88. The number of benzene rings is 2. The third kappa shape index (κ3) is 4.98. The Bertz CT molecular complexity index is 1140. The first-order valence-corrected chi connectivity index (χ1v) is 12.5. The number of amides is 3. The molecule has 1 aliphatic carbocycles. The Morgan fingerprint density at radius 3 is 2.23 bits per heavy atom. The van der Waals surface area contributed by atoms with Crippen LogP contribution in [0.5, 0.6) is 0 Å². The van der Waals surface area contributed by atoms with Gasteiger partial charge in [-0.15, -0.1) is 11.6 Å². The van der Waals surface area contributed by atoms with E-state index in [0.717, 1.165) is 28.6 Å². The number of rotatable bonds is 7. The molecule has 2 aromatic carbocycles. The molecule has 0 spiro atoms. The van der Waals surface area contributed by atoms with E-state index >= 15 is 0 Å². The zero-order chi connectivity index (χ0) is 25.3. The minimum atomic E-state index is -1.24. The lowest BCUT2D eigenvalue weighted by Crippen LogP contribution is -2.57. The Morgan fingerprint density at radius 2 is 1.60 bits per heavy atom. The molecule has 2 aromatic rings. The van der Waals surface area contributed by atoms with Crippen molar-refractivity contribution in [2.24, 2.45) is 17.8 Å². The fraction of sp³-hybridized carbons (Fsp3) is 0.385. The fourth-order valence-corrected chi connectivity index (χ4v) is 5.29. The number of hydrogen-bond acceptors (Lipinski definition) is 4. The molecule has 6 nitrogen and oxygen atoms in total. The summed E-state index contributed by atoms with van der Waals surface area (Å²) in [5.41, 5.74) is 0.297. The van der Waals surface area contributed by atoms with Crippen LogP contribution in [0.15, 0.2) is 48.5 Å². The van der Waals surface area contributed by atoms with E-state index in [0.29, 0.717) is 17.9 Å². The van der Waals surface area contributed by atoms with Gasteiger partial charge in [0, 0.05) is 22.0 Å². The van der Waals surface area contributed by atoms with Crippen LogP contribution in [0, 0.1) is 23.6 Å². The Kier molecular flexibility index (Phi) is 7.57. The van der Waals surface area contributed by atoms with E-state index in [-0.39, 0.29) is 29.3 Å². The van der Waals surface area contributed by atoms with E-state index in [4.69, 9.17) is 23.2 Å². The second-order valence-corrected chi connectivity index (χ2v) is 9.96. The highest BCUT2D eigenvalue weighted by Crippen LogP contribution is 2.42. The van der Waals surface area contributed by atoms with Crippen LogP contribution in [-0.2, 0) is 9.59 Å². The molecule has 4 atom stereocenters. The molecule has 9 heteroatoms. The Balaban J connectivity index is 1.79. The molecule has 3 amide bonds. The number of carbonyl (C=O) groups is 4. The van der Waals surface area contributed by atoms with Crippen LogP contribution in [-0.4, -0.2) is 45.4 Å². The van der Waals surface area contributed by atoms with Gasteiger partial charge >= 0.3 is 0 Å². The van der Waals surface area contributed by atoms with Crippen molar-refractivity contribution in [2.75, 3.05) is 5.88 Å². The molecular weight excluding hydrogens is 494 g/mol. The Morgan fingerprint density at radius 1 is 1.00 bits per heavy atom. The number of alkyl halides is 1.